The van der Waals surface area contributed by atoms with Crippen LogP contribution < -0.4 is 0 Å². The standard InChI is InChI=1S/C12H23O5P/c1-4-5-6-7-8-18(13,14)16-10-11-9-15-12(2,3)17-11/h4,11H,1,5-10H2,2-3H3,(H,13,14)/t11-/m1/s1. The summed E-state index contributed by atoms with van der Waals surface area (Å²) >= 11 is 0. The summed E-state index contributed by atoms with van der Waals surface area (Å²) in [6.45, 7) is 7.70. The molecule has 18 heavy (non-hydrogen) atoms. The van der Waals surface area contributed by atoms with Crippen LogP contribution >= 0.6 is 7.60 Å². The van der Waals surface area contributed by atoms with E-state index in [2.05, 4.69) is 6.58 Å². The van der Waals surface area contributed by atoms with Gasteiger partial charge in [0.25, 0.3) is 0 Å². The van der Waals surface area contributed by atoms with Gasteiger partial charge in [-0.1, -0.05) is 6.08 Å². The second-order valence-electron chi connectivity index (χ2n) is 4.89. The van der Waals surface area contributed by atoms with E-state index in [0.717, 1.165) is 12.8 Å². The molecule has 0 aromatic carbocycles. The summed E-state index contributed by atoms with van der Waals surface area (Å²) in [5, 5.41) is 0. The minimum absolute atomic E-state index is 0.0959. The van der Waals surface area contributed by atoms with Crippen LogP contribution in [0.4, 0.5) is 0 Å². The highest BCUT2D eigenvalue weighted by molar-refractivity contribution is 7.52. The number of unbranched alkanes of at least 4 members (excludes halogenated alkanes) is 2. The van der Waals surface area contributed by atoms with Crippen molar-refractivity contribution in [3.63, 3.8) is 0 Å². The van der Waals surface area contributed by atoms with Gasteiger partial charge in [0.15, 0.2) is 5.79 Å². The van der Waals surface area contributed by atoms with Crippen LogP contribution in [0.3, 0.4) is 0 Å². The Morgan fingerprint density at radius 2 is 2.28 bits per heavy atom. The van der Waals surface area contributed by atoms with Crippen LogP contribution in [0.2, 0.25) is 0 Å². The summed E-state index contributed by atoms with van der Waals surface area (Å²) in [5.41, 5.74) is 0. The summed E-state index contributed by atoms with van der Waals surface area (Å²) in [6, 6.07) is 0. The van der Waals surface area contributed by atoms with Crippen molar-refractivity contribution < 1.29 is 23.5 Å². The predicted molar refractivity (Wildman–Crippen MR) is 69.6 cm³/mol. The molecular weight excluding hydrogens is 255 g/mol. The van der Waals surface area contributed by atoms with Gasteiger partial charge in [0.1, 0.15) is 6.10 Å². The van der Waals surface area contributed by atoms with Crippen molar-refractivity contribution in [3.05, 3.63) is 12.7 Å². The van der Waals surface area contributed by atoms with Crippen LogP contribution in [0.1, 0.15) is 33.1 Å². The van der Waals surface area contributed by atoms with E-state index in [-0.39, 0.29) is 18.9 Å². The summed E-state index contributed by atoms with van der Waals surface area (Å²) in [7, 11) is -3.50. The average Bonchev–Trinajstić information content (AvgIpc) is 2.62. The van der Waals surface area contributed by atoms with E-state index in [4.69, 9.17) is 14.0 Å². The van der Waals surface area contributed by atoms with Gasteiger partial charge in [-0.15, -0.1) is 6.58 Å². The van der Waals surface area contributed by atoms with E-state index in [1.165, 1.54) is 0 Å². The fraction of sp³-hybridized carbons (Fsp3) is 0.833. The molecule has 106 valence electrons. The minimum Gasteiger partial charge on any atom is -0.348 e. The highest BCUT2D eigenvalue weighted by Crippen LogP contribution is 2.43. The smallest absolute Gasteiger partial charge is 0.328 e. The Morgan fingerprint density at radius 3 is 2.83 bits per heavy atom. The molecule has 0 aliphatic carbocycles. The second kappa shape index (κ2) is 6.83. The van der Waals surface area contributed by atoms with Crippen molar-refractivity contribution >= 4 is 7.60 Å². The molecule has 0 radical (unpaired) electrons. The Labute approximate surface area is 109 Å². The Hall–Kier alpha value is -0.190. The molecule has 0 spiro atoms. The highest BCUT2D eigenvalue weighted by Gasteiger charge is 2.34. The van der Waals surface area contributed by atoms with Crippen molar-refractivity contribution in [2.24, 2.45) is 0 Å². The zero-order valence-corrected chi connectivity index (χ0v) is 12.0. The first-order valence-corrected chi connectivity index (χ1v) is 8.00. The summed E-state index contributed by atoms with van der Waals surface area (Å²) < 4.78 is 27.6. The molecule has 0 bridgehead atoms. The lowest BCUT2D eigenvalue weighted by molar-refractivity contribution is -0.141. The number of allylic oxidation sites excluding steroid dienone is 1. The van der Waals surface area contributed by atoms with E-state index >= 15 is 0 Å². The molecule has 1 unspecified atom stereocenters. The second-order valence-corrected chi connectivity index (χ2v) is 6.87. The number of rotatable bonds is 8. The maximum atomic E-state index is 11.7. The molecule has 0 aromatic heterocycles. The normalized spacial score (nSPS) is 25.8. The molecule has 2 atom stereocenters. The number of ether oxygens (including phenoxy) is 2. The number of hydrogen-bond donors (Lipinski definition) is 1. The minimum atomic E-state index is -3.50. The van der Waals surface area contributed by atoms with E-state index in [0.29, 0.717) is 13.0 Å². The molecule has 0 saturated carbocycles. The van der Waals surface area contributed by atoms with Gasteiger partial charge in [-0.05, 0) is 33.1 Å². The lowest BCUT2D eigenvalue weighted by Crippen LogP contribution is -2.23. The zero-order chi connectivity index (χ0) is 13.6. The van der Waals surface area contributed by atoms with Gasteiger partial charge in [-0.25, -0.2) is 0 Å². The fourth-order valence-electron chi connectivity index (χ4n) is 1.71. The molecule has 5 nitrogen and oxygen atoms in total. The lowest BCUT2D eigenvalue weighted by Gasteiger charge is -2.18. The molecule has 0 amide bonds. The van der Waals surface area contributed by atoms with Crippen molar-refractivity contribution in [1.29, 1.82) is 0 Å². The molecule has 1 aliphatic rings. The van der Waals surface area contributed by atoms with Crippen LogP contribution in [-0.2, 0) is 18.6 Å². The summed E-state index contributed by atoms with van der Waals surface area (Å²) in [5.74, 6) is -0.628. The quantitative estimate of drug-likeness (QED) is 0.420. The van der Waals surface area contributed by atoms with Crippen molar-refractivity contribution in [2.45, 2.75) is 45.0 Å². The van der Waals surface area contributed by atoms with Gasteiger partial charge in [-0.2, -0.15) is 0 Å². The Morgan fingerprint density at radius 1 is 1.56 bits per heavy atom. The van der Waals surface area contributed by atoms with Gasteiger partial charge in [0, 0.05) is 6.16 Å². The van der Waals surface area contributed by atoms with Gasteiger partial charge in [0.2, 0.25) is 0 Å². The van der Waals surface area contributed by atoms with E-state index in [1.807, 2.05) is 0 Å². The molecular formula is C12H23O5P. The fourth-order valence-corrected chi connectivity index (χ4v) is 2.86. The van der Waals surface area contributed by atoms with Crippen LogP contribution in [0.15, 0.2) is 12.7 Å². The maximum absolute atomic E-state index is 11.7. The molecule has 1 fully saturated rings. The third kappa shape index (κ3) is 6.12. The van der Waals surface area contributed by atoms with Crippen LogP contribution in [-0.4, -0.2) is 36.2 Å². The molecule has 1 saturated heterocycles. The summed E-state index contributed by atoms with van der Waals surface area (Å²) in [4.78, 5) is 9.62. The molecule has 1 N–H and O–H groups in total. The topological polar surface area (TPSA) is 65.0 Å². The largest absolute Gasteiger partial charge is 0.348 e. The molecule has 1 heterocycles. The van der Waals surface area contributed by atoms with E-state index in [1.54, 1.807) is 19.9 Å². The zero-order valence-electron chi connectivity index (χ0n) is 11.1. The number of hydrogen-bond acceptors (Lipinski definition) is 4. The third-order valence-electron chi connectivity index (χ3n) is 2.63. The van der Waals surface area contributed by atoms with Crippen molar-refractivity contribution in [2.75, 3.05) is 19.4 Å². The molecule has 1 rings (SSSR count). The van der Waals surface area contributed by atoms with Gasteiger partial charge in [-0.3, -0.25) is 4.57 Å². The first-order valence-electron chi connectivity index (χ1n) is 6.24. The van der Waals surface area contributed by atoms with Gasteiger partial charge in [0.05, 0.1) is 13.2 Å². The molecule has 6 heteroatoms. The van der Waals surface area contributed by atoms with E-state index < -0.39 is 13.4 Å². The Bertz CT molecular complexity index is 316. The third-order valence-corrected chi connectivity index (χ3v) is 4.06. The van der Waals surface area contributed by atoms with Gasteiger partial charge >= 0.3 is 7.60 Å². The Kier molecular flexibility index (Phi) is 6.02. The first-order chi connectivity index (χ1) is 8.35. The van der Waals surface area contributed by atoms with Crippen molar-refractivity contribution in [1.82, 2.24) is 0 Å². The maximum Gasteiger partial charge on any atom is 0.328 e. The Balaban J connectivity index is 2.21. The predicted octanol–water partition coefficient (Wildman–Crippen LogP) is 2.70. The SMILES string of the molecule is C=CCCCCP(=O)(O)OC[C@H]1COC(C)(C)O1. The highest BCUT2D eigenvalue weighted by atomic mass is 31.2. The van der Waals surface area contributed by atoms with Gasteiger partial charge < -0.3 is 18.9 Å². The van der Waals surface area contributed by atoms with Crippen molar-refractivity contribution in [3.8, 4) is 0 Å². The lowest BCUT2D eigenvalue weighted by atomic mass is 10.2. The summed E-state index contributed by atoms with van der Waals surface area (Å²) in [6.07, 6.45) is 4.08. The monoisotopic (exact) mass is 278 g/mol. The van der Waals surface area contributed by atoms with Crippen LogP contribution in [0, 0.1) is 0 Å². The van der Waals surface area contributed by atoms with Crippen LogP contribution in [0.25, 0.3) is 0 Å². The van der Waals surface area contributed by atoms with Crippen LogP contribution in [0.5, 0.6) is 0 Å². The molecule has 0 aromatic rings. The van der Waals surface area contributed by atoms with E-state index in [9.17, 15) is 9.46 Å². The first kappa shape index (κ1) is 15.9. The molecule has 1 aliphatic heterocycles. The average molecular weight is 278 g/mol.